The highest BCUT2D eigenvalue weighted by Gasteiger charge is 1.97. The highest BCUT2D eigenvalue weighted by atomic mass is 127. The zero-order valence-electron chi connectivity index (χ0n) is 15.4. The molecule has 0 amide bonds. The smallest absolute Gasteiger partial charge is 0.106 e. The van der Waals surface area contributed by atoms with Gasteiger partial charge in [-0.2, -0.15) is 0 Å². The third-order valence-corrected chi connectivity index (χ3v) is 4.85. The molecule has 0 spiro atoms. The van der Waals surface area contributed by atoms with Crippen LogP contribution in [0.25, 0.3) is 0 Å². The molecule has 0 saturated heterocycles. The van der Waals surface area contributed by atoms with Gasteiger partial charge < -0.3 is 18.7 Å². The van der Waals surface area contributed by atoms with Crippen LogP contribution in [-0.4, -0.2) is 62.8 Å². The van der Waals surface area contributed by atoms with Crippen molar-refractivity contribution in [1.82, 2.24) is 9.57 Å². The maximum Gasteiger partial charge on any atom is 0.106 e. The van der Waals surface area contributed by atoms with Gasteiger partial charge in [0.25, 0.3) is 0 Å². The summed E-state index contributed by atoms with van der Waals surface area (Å²) in [4.78, 5) is 10.2. The van der Waals surface area contributed by atoms with Crippen LogP contribution in [0.1, 0.15) is 41.5 Å². The molecule has 0 aromatic carbocycles. The van der Waals surface area contributed by atoms with Crippen LogP contribution in [0.4, 0.5) is 0 Å². The number of nitrogens with zero attached hydrogens (tertiary/aromatic N) is 2. The first-order valence-electron chi connectivity index (χ1n) is 7.73. The summed E-state index contributed by atoms with van der Waals surface area (Å²) >= 11 is 2.21. The summed E-state index contributed by atoms with van der Waals surface area (Å²) in [6, 6.07) is 0. The number of rotatable bonds is 10. The van der Waals surface area contributed by atoms with Crippen LogP contribution in [0.5, 0.6) is 0 Å². The summed E-state index contributed by atoms with van der Waals surface area (Å²) < 4.78 is 12.8. The van der Waals surface area contributed by atoms with Gasteiger partial charge in [0.15, 0.2) is 0 Å². The second-order valence-electron chi connectivity index (χ2n) is 3.53. The van der Waals surface area contributed by atoms with Gasteiger partial charge in [0.1, 0.15) is 6.79 Å². The summed E-state index contributed by atoms with van der Waals surface area (Å²) in [5, 5.41) is 0. The van der Waals surface area contributed by atoms with E-state index >= 15 is 0 Å². The van der Waals surface area contributed by atoms with Crippen LogP contribution < -0.4 is 0 Å². The summed E-state index contributed by atoms with van der Waals surface area (Å²) in [6.45, 7) is 21.0. The predicted molar refractivity (Wildman–Crippen MR) is 113 cm³/mol. The van der Waals surface area contributed by atoms with E-state index in [0.717, 1.165) is 32.8 Å². The molecule has 2 unspecified atom stereocenters. The maximum absolute atomic E-state index is 8.00. The molecule has 0 aromatic rings. The largest absolute Gasteiger partial charge is 0.349 e. The van der Waals surface area contributed by atoms with E-state index in [1.165, 1.54) is 0 Å². The minimum absolute atomic E-state index is 0.489. The Kier molecular flexibility index (Phi) is 47.3. The fourth-order valence-electron chi connectivity index (χ4n) is 0.835. The Morgan fingerprint density at radius 1 is 0.909 bits per heavy atom. The molecule has 2 atom stereocenters. The molecule has 0 heterocycles. The molecule has 0 rings (SSSR count). The topological polar surface area (TPSA) is 42.0 Å². The molecule has 0 radical (unpaired) electrons. The van der Waals surface area contributed by atoms with Crippen molar-refractivity contribution in [2.24, 2.45) is 0 Å². The lowest BCUT2D eigenvalue weighted by Crippen LogP contribution is -2.15. The first-order valence-corrected chi connectivity index (χ1v) is 12.6. The van der Waals surface area contributed by atoms with Crippen molar-refractivity contribution < 1.29 is 13.8 Å². The zero-order valence-corrected chi connectivity index (χ0v) is 19.6. The third-order valence-electron chi connectivity index (χ3n) is 2.38. The lowest BCUT2D eigenvalue weighted by Gasteiger charge is -2.16. The van der Waals surface area contributed by atoms with Crippen molar-refractivity contribution >= 4 is 44.2 Å². The first-order chi connectivity index (χ1) is 10.7. The average molecular weight is 470 g/mol. The van der Waals surface area contributed by atoms with Gasteiger partial charge in [-0.1, -0.05) is 41.5 Å². The predicted octanol–water partition coefficient (Wildman–Crippen LogP) is 4.61. The molecular weight excluding hydrogens is 433 g/mol. The Labute approximate surface area is 155 Å². The van der Waals surface area contributed by atoms with Gasteiger partial charge in [0.2, 0.25) is 0 Å². The van der Waals surface area contributed by atoms with Crippen LogP contribution in [0.15, 0.2) is 0 Å². The lowest BCUT2D eigenvalue weighted by molar-refractivity contribution is -0.0979. The Balaban J connectivity index is -0.000000136. The van der Waals surface area contributed by atoms with Gasteiger partial charge in [-0.3, -0.25) is 4.67 Å². The van der Waals surface area contributed by atoms with Crippen molar-refractivity contribution in [2.75, 3.05) is 46.4 Å². The van der Waals surface area contributed by atoms with E-state index in [-0.39, 0.29) is 0 Å². The van der Waals surface area contributed by atoms with Gasteiger partial charge >= 0.3 is 0 Å². The molecule has 0 fully saturated rings. The second-order valence-corrected chi connectivity index (χ2v) is 6.39. The van der Waals surface area contributed by atoms with E-state index in [1.807, 2.05) is 20.6 Å². The van der Waals surface area contributed by atoms with Crippen LogP contribution in [0.2, 0.25) is 0 Å². The van der Waals surface area contributed by atoms with Crippen LogP contribution in [0, 0.1) is 0 Å². The Hall–Kier alpha value is 1.10. The number of hydrogen-bond acceptors (Lipinski definition) is 5. The first kappa shape index (κ1) is 30.9. The van der Waals surface area contributed by atoms with E-state index in [2.05, 4.69) is 66.4 Å². The minimum atomic E-state index is 0.489. The second kappa shape index (κ2) is 33.6. The van der Waals surface area contributed by atoms with Crippen molar-refractivity contribution in [2.45, 2.75) is 41.5 Å². The van der Waals surface area contributed by atoms with Crippen molar-refractivity contribution in [3.8, 4) is 0 Å². The Morgan fingerprint density at radius 3 is 1.59 bits per heavy atom. The molecule has 22 heavy (non-hydrogen) atoms. The van der Waals surface area contributed by atoms with Gasteiger partial charge in [0, 0.05) is 13.1 Å². The molecule has 0 aromatic heterocycles. The van der Waals surface area contributed by atoms with E-state index in [0.29, 0.717) is 22.0 Å². The monoisotopic (exact) mass is 470 g/mol. The van der Waals surface area contributed by atoms with Gasteiger partial charge in [-0.25, -0.2) is 0 Å². The Bertz CT molecular complexity index is 167. The highest BCUT2D eigenvalue weighted by Crippen LogP contribution is 2.22. The quantitative estimate of drug-likeness (QED) is 0.265. The zero-order chi connectivity index (χ0) is 18.2. The van der Waals surface area contributed by atoms with E-state index in [4.69, 9.17) is 13.8 Å². The molecule has 0 aliphatic carbocycles. The van der Waals surface area contributed by atoms with Gasteiger partial charge in [-0.15, -0.1) is 0 Å². The van der Waals surface area contributed by atoms with Gasteiger partial charge in [-0.05, 0) is 42.2 Å². The molecule has 5 nitrogen and oxygen atoms in total. The molecule has 0 bridgehead atoms. The molecule has 0 aliphatic heterocycles. The molecule has 0 N–H and O–H groups in total. The standard InChI is InChI=1S/C6H16INO2P2.C5H13N.C2H6.CH2O/c1-3-8(4-2)12-10-6-5-9-11-7;1-4-6(3)5-2;2*1-2/h11-12H,3-6H2,1-2H3;4-5H2,1-3H3;1-2H3;1H2. The number of hydrogen-bond donors (Lipinski definition) is 0. The van der Waals surface area contributed by atoms with Crippen LogP contribution >= 0.6 is 37.4 Å². The molecule has 0 aliphatic rings. The van der Waals surface area contributed by atoms with Crippen molar-refractivity contribution in [3.63, 3.8) is 0 Å². The SMILES string of the molecule is C=O.CC.CCN(C)CC.CCN(CC)POCCOPI. The van der Waals surface area contributed by atoms with Crippen LogP contribution in [0.3, 0.4) is 0 Å². The average Bonchev–Trinajstić information content (AvgIpc) is 2.61. The summed E-state index contributed by atoms with van der Waals surface area (Å²) in [5.74, 6) is 0. The molecule has 8 heteroatoms. The lowest BCUT2D eigenvalue weighted by atomic mass is 10.6. The van der Waals surface area contributed by atoms with Crippen molar-refractivity contribution in [1.29, 1.82) is 0 Å². The van der Waals surface area contributed by atoms with Crippen molar-refractivity contribution in [3.05, 3.63) is 0 Å². The fraction of sp³-hybridized carbons (Fsp3) is 0.929. The third kappa shape index (κ3) is 32.9. The molecular formula is C14H37IN2O3P2. The minimum Gasteiger partial charge on any atom is -0.349 e. The summed E-state index contributed by atoms with van der Waals surface area (Å²) in [7, 11) is 2.60. The van der Waals surface area contributed by atoms with Crippen LogP contribution in [-0.2, 0) is 13.8 Å². The van der Waals surface area contributed by atoms with E-state index in [1.54, 1.807) is 0 Å². The summed E-state index contributed by atoms with van der Waals surface area (Å²) in [6.07, 6.45) is 0. The van der Waals surface area contributed by atoms with Gasteiger partial charge in [0.05, 0.1) is 28.6 Å². The van der Waals surface area contributed by atoms with E-state index in [9.17, 15) is 0 Å². The number of carbonyl (C=O) groups is 1. The molecule has 138 valence electrons. The number of halogens is 1. The molecule has 0 saturated carbocycles. The normalized spacial score (nSPS) is 10.3. The Morgan fingerprint density at radius 2 is 1.32 bits per heavy atom. The fourth-order valence-corrected chi connectivity index (χ4v) is 2.27. The summed E-state index contributed by atoms with van der Waals surface area (Å²) in [5.41, 5.74) is 0. The highest BCUT2D eigenvalue weighted by molar-refractivity contribution is 14.2. The number of carbonyl (C=O) groups excluding carboxylic acids is 1. The maximum atomic E-state index is 8.00. The van der Waals surface area contributed by atoms with E-state index < -0.39 is 0 Å².